The fourth-order valence-corrected chi connectivity index (χ4v) is 4.27. The Morgan fingerprint density at radius 2 is 1.73 bits per heavy atom. The number of hydrogen-bond acceptors (Lipinski definition) is 0. The molecule has 0 saturated carbocycles. The first kappa shape index (κ1) is 12.3. The number of aromatic nitrogens is 1. The molecule has 1 aromatic heterocycles. The molecule has 0 bridgehead atoms. The van der Waals surface area contributed by atoms with E-state index in [9.17, 15) is 0 Å². The summed E-state index contributed by atoms with van der Waals surface area (Å²) in [6.07, 6.45) is 7.02. The zero-order valence-electron chi connectivity index (χ0n) is 13.0. The van der Waals surface area contributed by atoms with Gasteiger partial charge in [-0.15, -0.1) is 0 Å². The van der Waals surface area contributed by atoms with Crippen molar-refractivity contribution in [3.63, 3.8) is 0 Å². The average Bonchev–Trinajstić information content (AvgIpc) is 3.00. The van der Waals surface area contributed by atoms with Crippen LogP contribution in [0.25, 0.3) is 34.2 Å². The van der Waals surface area contributed by atoms with Crippen LogP contribution in [0, 0.1) is 0 Å². The molecule has 22 heavy (non-hydrogen) atoms. The lowest BCUT2D eigenvalue weighted by Crippen LogP contribution is -2.24. The van der Waals surface area contributed by atoms with E-state index in [1.807, 2.05) is 0 Å². The number of nitrogens with one attached hydrogen (secondary N) is 1. The van der Waals surface area contributed by atoms with Gasteiger partial charge in [-0.3, -0.25) is 0 Å². The highest BCUT2D eigenvalue weighted by atomic mass is 14.7. The molecule has 2 aliphatic carbocycles. The van der Waals surface area contributed by atoms with Gasteiger partial charge in [0.1, 0.15) is 0 Å². The van der Waals surface area contributed by atoms with E-state index in [1.165, 1.54) is 43.7 Å². The smallest absolute Gasteiger partial charge is 0.0471 e. The van der Waals surface area contributed by atoms with Crippen molar-refractivity contribution in [1.82, 2.24) is 4.98 Å². The highest BCUT2D eigenvalue weighted by Crippen LogP contribution is 2.49. The standard InChI is InChI=1S/C21H19N/c1-21(2)17-9-5-3-7-13(17)15-12-20-16(11-18(15)21)14-8-4-6-10-19(14)22-20/h3,5,7-12,22H,4,6H2,1-2H3. The van der Waals surface area contributed by atoms with Crippen molar-refractivity contribution in [2.75, 3.05) is 0 Å². The Morgan fingerprint density at radius 1 is 0.909 bits per heavy atom. The van der Waals surface area contributed by atoms with Gasteiger partial charge in [0.2, 0.25) is 0 Å². The van der Waals surface area contributed by atoms with E-state index in [4.69, 9.17) is 0 Å². The largest absolute Gasteiger partial charge is 0.355 e. The Bertz CT molecular complexity index is 1050. The monoisotopic (exact) mass is 285 g/mol. The van der Waals surface area contributed by atoms with Crippen LogP contribution >= 0.6 is 0 Å². The number of rotatable bonds is 0. The molecule has 0 atom stereocenters. The summed E-state index contributed by atoms with van der Waals surface area (Å²) >= 11 is 0. The molecule has 5 rings (SSSR count). The lowest BCUT2D eigenvalue weighted by Gasteiger charge is -2.21. The summed E-state index contributed by atoms with van der Waals surface area (Å²) in [5.41, 5.74) is 7.05. The molecule has 0 amide bonds. The van der Waals surface area contributed by atoms with Crippen LogP contribution in [0.4, 0.5) is 0 Å². The number of benzene rings is 2. The Labute approximate surface area is 130 Å². The first-order chi connectivity index (χ1) is 10.7. The molecule has 2 aliphatic rings. The van der Waals surface area contributed by atoms with Gasteiger partial charge in [-0.05, 0) is 47.2 Å². The van der Waals surface area contributed by atoms with Crippen LogP contribution in [0.1, 0.15) is 37.8 Å². The zero-order chi connectivity index (χ0) is 14.9. The molecule has 1 heteroatoms. The third-order valence-corrected chi connectivity index (χ3v) is 5.43. The summed E-state index contributed by atoms with van der Waals surface area (Å²) in [5, 5.41) is 4.08. The van der Waals surface area contributed by atoms with Crippen molar-refractivity contribution < 1.29 is 0 Å². The lowest BCUT2D eigenvalue weighted by molar-refractivity contribution is 0.661. The first-order valence-electron chi connectivity index (χ1n) is 8.13. The summed E-state index contributed by atoms with van der Waals surface area (Å²) < 4.78 is 0. The Balaban J connectivity index is 1.95. The molecule has 3 aromatic rings. The second-order valence-electron chi connectivity index (χ2n) is 7.05. The van der Waals surface area contributed by atoms with Gasteiger partial charge in [-0.25, -0.2) is 0 Å². The van der Waals surface area contributed by atoms with Crippen molar-refractivity contribution in [1.29, 1.82) is 0 Å². The van der Waals surface area contributed by atoms with E-state index in [-0.39, 0.29) is 5.41 Å². The van der Waals surface area contributed by atoms with E-state index in [0.717, 1.165) is 12.8 Å². The predicted molar refractivity (Wildman–Crippen MR) is 93.3 cm³/mol. The average molecular weight is 285 g/mol. The summed E-state index contributed by atoms with van der Waals surface area (Å²) in [6, 6.07) is 13.6. The van der Waals surface area contributed by atoms with E-state index in [1.54, 1.807) is 0 Å². The normalized spacial score (nSPS) is 17.4. The summed E-state index contributed by atoms with van der Waals surface area (Å²) in [4.78, 5) is 3.62. The van der Waals surface area contributed by atoms with Gasteiger partial charge in [0.25, 0.3) is 0 Å². The molecule has 0 radical (unpaired) electrons. The van der Waals surface area contributed by atoms with Crippen molar-refractivity contribution >= 4 is 23.1 Å². The Hall–Kier alpha value is -2.28. The minimum atomic E-state index is 0.0860. The third kappa shape index (κ3) is 1.39. The molecule has 1 heterocycles. The highest BCUT2D eigenvalue weighted by molar-refractivity contribution is 5.92. The number of H-pyrrole nitrogens is 1. The maximum absolute atomic E-state index is 3.62. The molecule has 1 N–H and O–H groups in total. The van der Waals surface area contributed by atoms with Crippen molar-refractivity contribution in [2.24, 2.45) is 0 Å². The van der Waals surface area contributed by atoms with Crippen LogP contribution in [-0.2, 0) is 5.41 Å². The quantitative estimate of drug-likeness (QED) is 0.646. The van der Waals surface area contributed by atoms with Gasteiger partial charge in [0.15, 0.2) is 0 Å². The molecule has 0 spiro atoms. The van der Waals surface area contributed by atoms with E-state index in [0.29, 0.717) is 0 Å². The zero-order valence-corrected chi connectivity index (χ0v) is 13.0. The van der Waals surface area contributed by atoms with Crippen molar-refractivity contribution in [3.8, 4) is 11.1 Å². The topological polar surface area (TPSA) is 15.8 Å². The van der Waals surface area contributed by atoms with E-state index >= 15 is 0 Å². The predicted octanol–water partition coefficient (Wildman–Crippen LogP) is 3.83. The molecule has 1 nitrogen and oxygen atoms in total. The molecule has 0 saturated heterocycles. The van der Waals surface area contributed by atoms with Crippen LogP contribution in [-0.4, -0.2) is 4.98 Å². The third-order valence-electron chi connectivity index (χ3n) is 5.43. The molecule has 2 aromatic carbocycles. The Morgan fingerprint density at radius 3 is 2.64 bits per heavy atom. The van der Waals surface area contributed by atoms with Gasteiger partial charge >= 0.3 is 0 Å². The second kappa shape index (κ2) is 3.92. The van der Waals surface area contributed by atoms with Crippen LogP contribution in [0.3, 0.4) is 0 Å². The van der Waals surface area contributed by atoms with E-state index < -0.39 is 0 Å². The minimum absolute atomic E-state index is 0.0860. The molecular formula is C21H19N. The van der Waals surface area contributed by atoms with Crippen LogP contribution in [0.2, 0.25) is 0 Å². The number of fused-ring (bicyclic) bond motifs is 6. The maximum atomic E-state index is 3.62. The van der Waals surface area contributed by atoms with Crippen molar-refractivity contribution in [2.45, 2.75) is 32.1 Å². The number of hydrogen-bond donors (Lipinski definition) is 1. The second-order valence-corrected chi connectivity index (χ2v) is 7.05. The molecule has 0 unspecified atom stereocenters. The van der Waals surface area contributed by atoms with Crippen molar-refractivity contribution in [3.05, 3.63) is 58.1 Å². The van der Waals surface area contributed by atoms with E-state index in [2.05, 4.69) is 67.4 Å². The van der Waals surface area contributed by atoms with Gasteiger partial charge in [0, 0.05) is 26.9 Å². The summed E-state index contributed by atoms with van der Waals surface area (Å²) in [6.45, 7) is 4.69. The summed E-state index contributed by atoms with van der Waals surface area (Å²) in [7, 11) is 0. The SMILES string of the molecule is CC1(C)c2ccccc2-c2cc3[nH]c4c(c3cc21)=CCCC=4. The van der Waals surface area contributed by atoms with Gasteiger partial charge in [0.05, 0.1) is 0 Å². The molecule has 0 aliphatic heterocycles. The molecular weight excluding hydrogens is 266 g/mol. The highest BCUT2D eigenvalue weighted by Gasteiger charge is 2.35. The van der Waals surface area contributed by atoms with Gasteiger partial charge < -0.3 is 4.98 Å². The fourth-order valence-electron chi connectivity index (χ4n) is 4.27. The maximum Gasteiger partial charge on any atom is 0.0471 e. The van der Waals surface area contributed by atoms with Gasteiger partial charge in [-0.2, -0.15) is 0 Å². The number of aromatic amines is 1. The van der Waals surface area contributed by atoms with Crippen LogP contribution in [0.5, 0.6) is 0 Å². The minimum Gasteiger partial charge on any atom is -0.355 e. The Kier molecular flexibility index (Phi) is 2.19. The van der Waals surface area contributed by atoms with Crippen LogP contribution < -0.4 is 10.6 Å². The lowest BCUT2D eigenvalue weighted by atomic mass is 9.82. The summed E-state index contributed by atoms with van der Waals surface area (Å²) in [5.74, 6) is 0. The molecule has 108 valence electrons. The fraction of sp³-hybridized carbons (Fsp3) is 0.238. The molecule has 0 fully saturated rings. The van der Waals surface area contributed by atoms with Gasteiger partial charge in [-0.1, -0.05) is 50.3 Å². The first-order valence-corrected chi connectivity index (χ1v) is 8.13. The van der Waals surface area contributed by atoms with Crippen LogP contribution in [0.15, 0.2) is 36.4 Å².